The third-order valence-electron chi connectivity index (χ3n) is 4.82. The lowest BCUT2D eigenvalue weighted by Gasteiger charge is -2.20. The Morgan fingerprint density at radius 3 is 2.32 bits per heavy atom. The zero-order valence-electron chi connectivity index (χ0n) is 17.2. The number of carbonyl (C=O) groups is 1. The molecule has 9 heteroatoms. The topological polar surface area (TPSA) is 72.5 Å². The van der Waals surface area contributed by atoms with Crippen LogP contribution in [0.1, 0.15) is 55.7 Å². The molecule has 0 fully saturated rings. The molecule has 1 unspecified atom stereocenters. The van der Waals surface area contributed by atoms with Crippen LogP contribution < -0.4 is 4.72 Å². The lowest BCUT2D eigenvalue weighted by molar-refractivity contribution is -0.140. The number of ether oxygens (including phenoxy) is 1. The Labute approximate surface area is 180 Å². The van der Waals surface area contributed by atoms with Gasteiger partial charge < -0.3 is 4.74 Å². The molecule has 170 valence electrons. The molecule has 0 radical (unpaired) electrons. The molecule has 0 saturated heterocycles. The van der Waals surface area contributed by atoms with E-state index in [1.807, 2.05) is 0 Å². The van der Waals surface area contributed by atoms with Gasteiger partial charge in [0.2, 0.25) is 10.0 Å². The highest BCUT2D eigenvalue weighted by Crippen LogP contribution is 2.31. The first-order valence-electron chi connectivity index (χ1n) is 9.95. The highest BCUT2D eigenvalue weighted by molar-refractivity contribution is 7.89. The van der Waals surface area contributed by atoms with Gasteiger partial charge >= 0.3 is 12.1 Å². The number of sulfonamides is 1. The van der Waals surface area contributed by atoms with Gasteiger partial charge in [-0.2, -0.15) is 13.2 Å². The normalized spacial score (nSPS) is 13.0. The minimum atomic E-state index is -4.63. The number of benzene rings is 2. The lowest BCUT2D eigenvalue weighted by Crippen LogP contribution is -2.29. The van der Waals surface area contributed by atoms with Crippen LogP contribution in [-0.4, -0.2) is 21.5 Å². The monoisotopic (exact) mass is 457 g/mol. The van der Waals surface area contributed by atoms with Gasteiger partial charge in [-0.3, -0.25) is 4.79 Å². The number of esters is 1. The van der Waals surface area contributed by atoms with Gasteiger partial charge in [-0.25, -0.2) is 13.1 Å². The van der Waals surface area contributed by atoms with Crippen LogP contribution in [0.15, 0.2) is 59.5 Å². The van der Waals surface area contributed by atoms with E-state index >= 15 is 0 Å². The smallest absolute Gasteiger partial charge is 0.416 e. The Bertz CT molecular complexity index is 947. The summed E-state index contributed by atoms with van der Waals surface area (Å²) in [5.74, 6) is -0.268. The van der Waals surface area contributed by atoms with Crippen molar-refractivity contribution in [2.24, 2.45) is 0 Å². The van der Waals surface area contributed by atoms with Crippen molar-refractivity contribution in [2.45, 2.75) is 55.6 Å². The molecule has 0 aromatic heterocycles. The maximum Gasteiger partial charge on any atom is 0.416 e. The molecule has 2 rings (SSSR count). The van der Waals surface area contributed by atoms with E-state index in [0.29, 0.717) is 31.7 Å². The lowest BCUT2D eigenvalue weighted by atomic mass is 10.0. The number of hydrogen-bond donors (Lipinski definition) is 1. The summed E-state index contributed by atoms with van der Waals surface area (Å²) in [4.78, 5) is 10.7. The highest BCUT2D eigenvalue weighted by atomic mass is 32.2. The molecule has 5 nitrogen and oxygen atoms in total. The van der Waals surface area contributed by atoms with E-state index in [-0.39, 0.29) is 5.97 Å². The van der Waals surface area contributed by atoms with Crippen molar-refractivity contribution in [3.63, 3.8) is 0 Å². The largest absolute Gasteiger partial charge is 0.469 e. The van der Waals surface area contributed by atoms with Crippen molar-refractivity contribution in [1.82, 2.24) is 4.72 Å². The molecule has 0 bridgehead atoms. The van der Waals surface area contributed by atoms with Gasteiger partial charge in [-0.1, -0.05) is 55.7 Å². The zero-order valence-corrected chi connectivity index (χ0v) is 18.0. The second kappa shape index (κ2) is 11.3. The van der Waals surface area contributed by atoms with E-state index < -0.39 is 32.7 Å². The molecular weight excluding hydrogens is 431 g/mol. The number of nitrogens with one attached hydrogen (secondary N) is 1. The van der Waals surface area contributed by atoms with Crippen molar-refractivity contribution in [1.29, 1.82) is 0 Å². The van der Waals surface area contributed by atoms with Crippen LogP contribution in [0.4, 0.5) is 13.2 Å². The number of hydrogen-bond acceptors (Lipinski definition) is 4. The Balaban J connectivity index is 2.08. The van der Waals surface area contributed by atoms with E-state index in [0.717, 1.165) is 36.6 Å². The minimum Gasteiger partial charge on any atom is -0.469 e. The Morgan fingerprint density at radius 2 is 1.68 bits per heavy atom. The Kier molecular flexibility index (Phi) is 9.06. The molecule has 0 aliphatic rings. The average molecular weight is 458 g/mol. The van der Waals surface area contributed by atoms with Crippen LogP contribution in [0.5, 0.6) is 0 Å². The molecule has 0 saturated carbocycles. The second-order valence-electron chi connectivity index (χ2n) is 7.14. The molecule has 1 N–H and O–H groups in total. The van der Waals surface area contributed by atoms with Crippen molar-refractivity contribution >= 4 is 16.0 Å². The standard InChI is InChI=1S/C22H26F3NO4S/c1-30-21(27)15-8-3-2-7-14-20(17-10-5-4-6-11-17)26-31(28,29)19-13-9-12-18(16-19)22(23,24)25/h4-6,9-13,16,20,26H,2-3,7-8,14-15H2,1H3. The van der Waals surface area contributed by atoms with Crippen LogP contribution in [-0.2, 0) is 25.7 Å². The summed E-state index contributed by atoms with van der Waals surface area (Å²) in [5, 5.41) is 0. The third kappa shape index (κ3) is 7.99. The van der Waals surface area contributed by atoms with E-state index in [9.17, 15) is 26.4 Å². The van der Waals surface area contributed by atoms with Crippen LogP contribution in [0.2, 0.25) is 0 Å². The molecule has 2 aromatic carbocycles. The average Bonchev–Trinajstić information content (AvgIpc) is 2.75. The van der Waals surface area contributed by atoms with Crippen molar-refractivity contribution < 1.29 is 31.1 Å². The quantitative estimate of drug-likeness (QED) is 0.370. The number of carbonyl (C=O) groups excluding carboxylic acids is 1. The number of alkyl halides is 3. The molecular formula is C22H26F3NO4S. The van der Waals surface area contributed by atoms with Gasteiger partial charge in [0.15, 0.2) is 0 Å². The molecule has 0 aliphatic heterocycles. The number of halogens is 3. The minimum absolute atomic E-state index is 0.268. The molecule has 0 heterocycles. The number of unbranched alkanes of at least 4 members (excludes halogenated alkanes) is 3. The van der Waals surface area contributed by atoms with Gasteiger partial charge in [-0.05, 0) is 36.6 Å². The summed E-state index contributed by atoms with van der Waals surface area (Å²) in [6, 6.07) is 12.0. The SMILES string of the molecule is COC(=O)CCCCCCC(NS(=O)(=O)c1cccc(C(F)(F)F)c1)c1ccccc1. The Morgan fingerprint density at radius 1 is 1.00 bits per heavy atom. The fourth-order valence-corrected chi connectivity index (χ4v) is 4.45. The molecule has 2 aromatic rings. The predicted molar refractivity (Wildman–Crippen MR) is 111 cm³/mol. The molecule has 1 atom stereocenters. The van der Waals surface area contributed by atoms with Crippen LogP contribution in [0, 0.1) is 0 Å². The fraction of sp³-hybridized carbons (Fsp3) is 0.409. The molecule has 0 aliphatic carbocycles. The summed E-state index contributed by atoms with van der Waals surface area (Å²) in [6.45, 7) is 0. The van der Waals surface area contributed by atoms with Crippen LogP contribution in [0.3, 0.4) is 0 Å². The van der Waals surface area contributed by atoms with Crippen molar-refractivity contribution in [3.8, 4) is 0 Å². The zero-order chi connectivity index (χ0) is 22.9. The first-order chi connectivity index (χ1) is 14.6. The van der Waals surface area contributed by atoms with Gasteiger partial charge in [0.25, 0.3) is 0 Å². The summed E-state index contributed by atoms with van der Waals surface area (Å²) >= 11 is 0. The van der Waals surface area contributed by atoms with E-state index in [1.165, 1.54) is 7.11 Å². The predicted octanol–water partition coefficient (Wildman–Crippen LogP) is 5.24. The summed E-state index contributed by atoms with van der Waals surface area (Å²) in [5.41, 5.74) is -0.287. The molecule has 0 amide bonds. The van der Waals surface area contributed by atoms with Gasteiger partial charge in [0, 0.05) is 12.5 Å². The third-order valence-corrected chi connectivity index (χ3v) is 6.29. The first kappa shape index (κ1) is 24.9. The summed E-state index contributed by atoms with van der Waals surface area (Å²) in [6.07, 6.45) is -0.886. The fourth-order valence-electron chi connectivity index (χ4n) is 3.15. The highest BCUT2D eigenvalue weighted by Gasteiger charge is 2.32. The number of methoxy groups -OCH3 is 1. The van der Waals surface area contributed by atoms with Crippen LogP contribution in [0.25, 0.3) is 0 Å². The van der Waals surface area contributed by atoms with E-state index in [2.05, 4.69) is 9.46 Å². The van der Waals surface area contributed by atoms with Gasteiger partial charge in [0.1, 0.15) is 0 Å². The number of rotatable bonds is 11. The van der Waals surface area contributed by atoms with E-state index in [1.54, 1.807) is 30.3 Å². The maximum absolute atomic E-state index is 13.0. The van der Waals surface area contributed by atoms with Gasteiger partial charge in [0.05, 0.1) is 17.6 Å². The van der Waals surface area contributed by atoms with Crippen molar-refractivity contribution in [2.75, 3.05) is 7.11 Å². The molecule has 31 heavy (non-hydrogen) atoms. The second-order valence-corrected chi connectivity index (χ2v) is 8.85. The molecule has 0 spiro atoms. The summed E-state index contributed by atoms with van der Waals surface area (Å²) in [7, 11) is -2.83. The van der Waals surface area contributed by atoms with Crippen molar-refractivity contribution in [3.05, 3.63) is 65.7 Å². The Hall–Kier alpha value is -2.39. The maximum atomic E-state index is 13.0. The van der Waals surface area contributed by atoms with Crippen LogP contribution >= 0.6 is 0 Å². The first-order valence-corrected chi connectivity index (χ1v) is 11.4. The van der Waals surface area contributed by atoms with Gasteiger partial charge in [-0.15, -0.1) is 0 Å². The summed E-state index contributed by atoms with van der Waals surface area (Å²) < 4.78 is 71.7. The van der Waals surface area contributed by atoms with E-state index in [4.69, 9.17) is 0 Å².